The van der Waals surface area contributed by atoms with E-state index in [1.165, 1.54) is 18.4 Å². The van der Waals surface area contributed by atoms with E-state index in [9.17, 15) is 10.2 Å². The molecule has 4 aliphatic rings. The summed E-state index contributed by atoms with van der Waals surface area (Å²) in [5.74, 6) is 5.50. The predicted octanol–water partition coefficient (Wildman–Crippen LogP) is 3.28. The van der Waals surface area contributed by atoms with Gasteiger partial charge in [-0.3, -0.25) is 0 Å². The van der Waals surface area contributed by atoms with E-state index < -0.39 is 5.60 Å². The lowest BCUT2D eigenvalue weighted by molar-refractivity contribution is -0.0865. The standard InChI is InChI=1S/C20H28O2/c1-3-20(22)11-9-18-17-6-4-13-12-14(21)5-7-15(13)16(17)8-10-19(18,20)2/h1,12,14-18,21-22H,4-11H2,2H3/t14-,15+,16+,17-,18-,19-,20+/m1/s1. The summed E-state index contributed by atoms with van der Waals surface area (Å²) in [5.41, 5.74) is 0.550. The summed E-state index contributed by atoms with van der Waals surface area (Å²) in [6, 6.07) is 0. The molecule has 0 heterocycles. The smallest absolute Gasteiger partial charge is 0.130 e. The Hall–Kier alpha value is -0.780. The Morgan fingerprint density at radius 3 is 2.73 bits per heavy atom. The molecule has 22 heavy (non-hydrogen) atoms. The molecule has 120 valence electrons. The second-order valence-electron chi connectivity index (χ2n) is 8.47. The summed E-state index contributed by atoms with van der Waals surface area (Å²) in [4.78, 5) is 0. The van der Waals surface area contributed by atoms with E-state index in [2.05, 4.69) is 18.9 Å². The van der Waals surface area contributed by atoms with Crippen molar-refractivity contribution in [1.82, 2.24) is 0 Å². The van der Waals surface area contributed by atoms with Gasteiger partial charge < -0.3 is 10.2 Å². The van der Waals surface area contributed by atoms with Gasteiger partial charge in [0.15, 0.2) is 0 Å². The highest BCUT2D eigenvalue weighted by atomic mass is 16.3. The number of rotatable bonds is 0. The average molecular weight is 300 g/mol. The van der Waals surface area contributed by atoms with Crippen molar-refractivity contribution in [3.63, 3.8) is 0 Å². The van der Waals surface area contributed by atoms with Crippen LogP contribution in [-0.2, 0) is 0 Å². The number of fused-ring (bicyclic) bond motifs is 5. The van der Waals surface area contributed by atoms with Crippen molar-refractivity contribution in [2.75, 3.05) is 0 Å². The second kappa shape index (κ2) is 4.86. The summed E-state index contributed by atoms with van der Waals surface area (Å²) in [6.45, 7) is 2.25. The van der Waals surface area contributed by atoms with Gasteiger partial charge in [-0.2, -0.15) is 0 Å². The monoisotopic (exact) mass is 300 g/mol. The first kappa shape index (κ1) is 14.8. The van der Waals surface area contributed by atoms with E-state index in [0.29, 0.717) is 11.8 Å². The molecule has 0 saturated heterocycles. The Kier molecular flexibility index (Phi) is 3.26. The fourth-order valence-electron chi connectivity index (χ4n) is 6.57. The summed E-state index contributed by atoms with van der Waals surface area (Å²) < 4.78 is 0. The zero-order valence-electron chi connectivity index (χ0n) is 13.6. The van der Waals surface area contributed by atoms with Gasteiger partial charge in [-0.1, -0.05) is 24.5 Å². The Labute approximate surface area is 134 Å². The lowest BCUT2D eigenvalue weighted by Gasteiger charge is -2.55. The van der Waals surface area contributed by atoms with Crippen molar-refractivity contribution >= 4 is 0 Å². The maximum atomic E-state index is 10.9. The number of hydrogen-bond donors (Lipinski definition) is 2. The van der Waals surface area contributed by atoms with Crippen LogP contribution in [0.2, 0.25) is 0 Å². The van der Waals surface area contributed by atoms with Gasteiger partial charge in [0, 0.05) is 5.41 Å². The zero-order chi connectivity index (χ0) is 15.5. The van der Waals surface area contributed by atoms with Crippen LogP contribution >= 0.6 is 0 Å². The first-order valence-corrected chi connectivity index (χ1v) is 9.07. The van der Waals surface area contributed by atoms with Gasteiger partial charge in [0.2, 0.25) is 0 Å². The third-order valence-corrected chi connectivity index (χ3v) is 7.82. The molecule has 2 N–H and O–H groups in total. The Bertz CT molecular complexity index is 544. The highest BCUT2D eigenvalue weighted by molar-refractivity contribution is 5.25. The van der Waals surface area contributed by atoms with Gasteiger partial charge in [-0.25, -0.2) is 0 Å². The first-order chi connectivity index (χ1) is 10.5. The Morgan fingerprint density at radius 2 is 1.95 bits per heavy atom. The molecule has 7 atom stereocenters. The average Bonchev–Trinajstić information content (AvgIpc) is 2.79. The Balaban J connectivity index is 1.64. The van der Waals surface area contributed by atoms with Gasteiger partial charge in [-0.05, 0) is 75.0 Å². The molecule has 0 unspecified atom stereocenters. The van der Waals surface area contributed by atoms with Crippen LogP contribution in [0, 0.1) is 41.4 Å². The minimum absolute atomic E-state index is 0.0850. The fraction of sp³-hybridized carbons (Fsp3) is 0.800. The number of terminal acetylenes is 1. The van der Waals surface area contributed by atoms with Crippen LogP contribution in [0.3, 0.4) is 0 Å². The molecular formula is C20H28O2. The summed E-state index contributed by atoms with van der Waals surface area (Å²) >= 11 is 0. The lowest BCUT2D eigenvalue weighted by atomic mass is 9.50. The van der Waals surface area contributed by atoms with Crippen molar-refractivity contribution < 1.29 is 10.2 Å². The zero-order valence-corrected chi connectivity index (χ0v) is 13.6. The van der Waals surface area contributed by atoms with Crippen LogP contribution in [0.15, 0.2) is 11.6 Å². The molecule has 2 heteroatoms. The van der Waals surface area contributed by atoms with Crippen LogP contribution < -0.4 is 0 Å². The van der Waals surface area contributed by atoms with Crippen molar-refractivity contribution in [2.45, 2.75) is 70.0 Å². The maximum Gasteiger partial charge on any atom is 0.130 e. The third-order valence-electron chi connectivity index (χ3n) is 7.82. The number of aliphatic hydroxyl groups excluding tert-OH is 1. The van der Waals surface area contributed by atoms with Gasteiger partial charge in [0.25, 0.3) is 0 Å². The van der Waals surface area contributed by atoms with Crippen molar-refractivity contribution in [3.8, 4) is 12.3 Å². The molecule has 3 saturated carbocycles. The number of hydrogen-bond acceptors (Lipinski definition) is 2. The molecule has 0 spiro atoms. The van der Waals surface area contributed by atoms with E-state index in [-0.39, 0.29) is 11.5 Å². The summed E-state index contributed by atoms with van der Waals surface area (Å²) in [6.07, 6.45) is 16.2. The molecule has 0 aliphatic heterocycles. The SMILES string of the molecule is C#C[C@]1(O)CC[C@@H]2[C@@H]3CCC4=C[C@H](O)CC[C@@H]4[C@@H]3CC[C@]21C. The van der Waals surface area contributed by atoms with E-state index in [1.807, 2.05) is 0 Å². The maximum absolute atomic E-state index is 10.9. The van der Waals surface area contributed by atoms with Crippen LogP contribution in [0.5, 0.6) is 0 Å². The third kappa shape index (κ3) is 1.82. The van der Waals surface area contributed by atoms with Gasteiger partial charge >= 0.3 is 0 Å². The second-order valence-corrected chi connectivity index (χ2v) is 8.47. The van der Waals surface area contributed by atoms with Crippen molar-refractivity contribution in [2.24, 2.45) is 29.1 Å². The molecular weight excluding hydrogens is 272 g/mol. The molecule has 0 aromatic heterocycles. The minimum atomic E-state index is -0.887. The molecule has 0 radical (unpaired) electrons. The van der Waals surface area contributed by atoms with E-state index in [4.69, 9.17) is 6.42 Å². The molecule has 2 nitrogen and oxygen atoms in total. The molecule has 4 aliphatic carbocycles. The number of aliphatic hydroxyl groups is 2. The molecule has 0 aromatic carbocycles. The van der Waals surface area contributed by atoms with E-state index in [1.54, 1.807) is 0 Å². The normalized spacial score (nSPS) is 53.7. The lowest BCUT2D eigenvalue weighted by Crippen LogP contribution is -2.52. The first-order valence-electron chi connectivity index (χ1n) is 9.07. The Morgan fingerprint density at radius 1 is 1.14 bits per heavy atom. The predicted molar refractivity (Wildman–Crippen MR) is 86.9 cm³/mol. The molecule has 0 amide bonds. The van der Waals surface area contributed by atoms with Crippen LogP contribution in [-0.4, -0.2) is 21.9 Å². The highest BCUT2D eigenvalue weighted by Crippen LogP contribution is 2.64. The van der Waals surface area contributed by atoms with E-state index in [0.717, 1.165) is 50.4 Å². The van der Waals surface area contributed by atoms with Gasteiger partial charge in [-0.15, -0.1) is 6.42 Å². The largest absolute Gasteiger partial charge is 0.389 e. The highest BCUT2D eigenvalue weighted by Gasteiger charge is 2.61. The summed E-state index contributed by atoms with van der Waals surface area (Å²) in [7, 11) is 0. The fourth-order valence-corrected chi connectivity index (χ4v) is 6.57. The molecule has 4 rings (SSSR count). The van der Waals surface area contributed by atoms with Crippen LogP contribution in [0.4, 0.5) is 0 Å². The van der Waals surface area contributed by atoms with Crippen LogP contribution in [0.25, 0.3) is 0 Å². The number of allylic oxidation sites excluding steroid dienone is 1. The molecule has 0 bridgehead atoms. The van der Waals surface area contributed by atoms with Crippen molar-refractivity contribution in [3.05, 3.63) is 11.6 Å². The van der Waals surface area contributed by atoms with Gasteiger partial charge in [0.1, 0.15) is 5.60 Å². The minimum Gasteiger partial charge on any atom is -0.389 e. The van der Waals surface area contributed by atoms with Crippen LogP contribution in [0.1, 0.15) is 58.3 Å². The summed E-state index contributed by atoms with van der Waals surface area (Å²) in [5, 5.41) is 20.8. The van der Waals surface area contributed by atoms with E-state index >= 15 is 0 Å². The topological polar surface area (TPSA) is 40.5 Å². The quantitative estimate of drug-likeness (QED) is 0.532. The van der Waals surface area contributed by atoms with Crippen molar-refractivity contribution in [1.29, 1.82) is 0 Å². The molecule has 3 fully saturated rings. The molecule has 0 aromatic rings. The van der Waals surface area contributed by atoms with Gasteiger partial charge in [0.05, 0.1) is 6.10 Å².